The van der Waals surface area contributed by atoms with Crippen molar-refractivity contribution in [2.24, 2.45) is 0 Å². The third-order valence-electron chi connectivity index (χ3n) is 9.13. The fraction of sp³-hybridized carbons (Fsp3) is 0.417. The number of likely N-dealkylation sites (tertiary alicyclic amines) is 1. The largest absolute Gasteiger partial charge is 0.544 e. The van der Waals surface area contributed by atoms with Gasteiger partial charge >= 0.3 is 15.6 Å². The number of ether oxygens (including phenoxy) is 1. The van der Waals surface area contributed by atoms with E-state index in [1.807, 2.05) is 24.3 Å². The monoisotopic (exact) mass is 733 g/mol. The summed E-state index contributed by atoms with van der Waals surface area (Å²) < 4.78 is 79.7. The van der Waals surface area contributed by atoms with Crippen LogP contribution in [0.15, 0.2) is 66.7 Å². The number of ketones is 1. The van der Waals surface area contributed by atoms with Crippen molar-refractivity contribution in [1.29, 1.82) is 0 Å². The lowest BCUT2D eigenvalue weighted by atomic mass is 9.97. The second kappa shape index (κ2) is 14.5. The Labute approximate surface area is 291 Å². The van der Waals surface area contributed by atoms with E-state index in [-0.39, 0.29) is 10.8 Å². The van der Waals surface area contributed by atoms with Gasteiger partial charge in [-0.25, -0.2) is 0 Å². The molecule has 264 valence electrons. The Morgan fingerprint density at radius 1 is 0.878 bits per heavy atom. The predicted octanol–water partition coefficient (Wildman–Crippen LogP) is 9.67. The first-order valence-electron chi connectivity index (χ1n) is 16.3. The van der Waals surface area contributed by atoms with Gasteiger partial charge in [0, 0.05) is 32.6 Å². The molecule has 5 rings (SSSR count). The molecule has 0 atom stereocenters. The van der Waals surface area contributed by atoms with Crippen molar-refractivity contribution < 1.29 is 39.7 Å². The summed E-state index contributed by atoms with van der Waals surface area (Å²) in [6.07, 6.45) is 4.67. The van der Waals surface area contributed by atoms with Crippen LogP contribution in [0.3, 0.4) is 0 Å². The number of thiophene rings is 1. The van der Waals surface area contributed by atoms with Crippen molar-refractivity contribution in [3.05, 3.63) is 77.9 Å². The van der Waals surface area contributed by atoms with Gasteiger partial charge in [0.05, 0.1) is 6.61 Å². The average Bonchev–Trinajstić information content (AvgIpc) is 3.41. The zero-order valence-electron chi connectivity index (χ0n) is 28.4. The molecule has 0 saturated carbocycles. The number of piperidine rings is 1. The van der Waals surface area contributed by atoms with E-state index < -0.39 is 29.7 Å². The van der Waals surface area contributed by atoms with Crippen molar-refractivity contribution in [2.75, 3.05) is 26.2 Å². The second-order valence-corrected chi connectivity index (χ2v) is 21.1. The maximum atomic E-state index is 14.1. The fourth-order valence-corrected chi connectivity index (χ4v) is 8.08. The van der Waals surface area contributed by atoms with Crippen molar-refractivity contribution in [3.63, 3.8) is 0 Å². The SMILES string of the molecule is CC(C)(C)[Si](C)(C)Oc1ccc(-c2sc3cc(OS(=O)(=O)C(F)(F)F)ccc3c2C(=O)c2ccc(OCCCN3CCCCC3)cc2)cc1. The molecule has 1 aliphatic heterocycles. The highest BCUT2D eigenvalue weighted by Crippen LogP contribution is 2.43. The molecule has 0 aliphatic carbocycles. The first-order chi connectivity index (χ1) is 22.9. The van der Waals surface area contributed by atoms with E-state index in [2.05, 4.69) is 42.9 Å². The van der Waals surface area contributed by atoms with Crippen LogP contribution in [0.1, 0.15) is 62.4 Å². The van der Waals surface area contributed by atoms with Crippen LogP contribution in [0.2, 0.25) is 18.1 Å². The third-order valence-corrected chi connectivity index (χ3v) is 15.7. The van der Waals surface area contributed by atoms with E-state index in [0.717, 1.165) is 43.5 Å². The van der Waals surface area contributed by atoms with Gasteiger partial charge in [0.15, 0.2) is 5.78 Å². The molecule has 0 spiro atoms. The maximum Gasteiger partial charge on any atom is 0.534 e. The normalized spacial score (nSPS) is 14.9. The van der Waals surface area contributed by atoms with Gasteiger partial charge < -0.3 is 18.2 Å². The Balaban J connectivity index is 1.43. The smallest absolute Gasteiger partial charge is 0.534 e. The van der Waals surface area contributed by atoms with E-state index in [4.69, 9.17) is 9.16 Å². The summed E-state index contributed by atoms with van der Waals surface area (Å²) in [5.41, 5.74) is -4.13. The third kappa shape index (κ3) is 8.68. The molecule has 0 unspecified atom stereocenters. The molecule has 49 heavy (non-hydrogen) atoms. The highest BCUT2D eigenvalue weighted by Gasteiger charge is 2.48. The summed E-state index contributed by atoms with van der Waals surface area (Å²) in [6.45, 7) is 14.6. The Bertz CT molecular complexity index is 1880. The maximum absolute atomic E-state index is 14.1. The van der Waals surface area contributed by atoms with E-state index in [1.54, 1.807) is 24.3 Å². The molecule has 3 aromatic carbocycles. The molecular formula is C36H42F3NO6S2Si. The molecule has 1 fully saturated rings. The highest BCUT2D eigenvalue weighted by atomic mass is 32.2. The number of rotatable bonds is 12. The van der Waals surface area contributed by atoms with Gasteiger partial charge in [-0.2, -0.15) is 21.6 Å². The second-order valence-electron chi connectivity index (χ2n) is 13.8. The van der Waals surface area contributed by atoms with Crippen molar-refractivity contribution in [2.45, 2.75) is 70.1 Å². The van der Waals surface area contributed by atoms with Gasteiger partial charge in [0.2, 0.25) is 8.32 Å². The summed E-state index contributed by atoms with van der Waals surface area (Å²) in [7, 11) is -7.98. The summed E-state index contributed by atoms with van der Waals surface area (Å²) in [6, 6.07) is 18.0. The predicted molar refractivity (Wildman–Crippen MR) is 191 cm³/mol. The molecule has 0 radical (unpaired) electrons. The van der Waals surface area contributed by atoms with Crippen LogP contribution < -0.4 is 13.3 Å². The molecule has 1 aromatic heterocycles. The van der Waals surface area contributed by atoms with Crippen LogP contribution in [0, 0.1) is 0 Å². The van der Waals surface area contributed by atoms with Crippen molar-refractivity contribution in [1.82, 2.24) is 4.90 Å². The van der Waals surface area contributed by atoms with Gasteiger partial charge in [-0.05, 0) is 123 Å². The zero-order valence-corrected chi connectivity index (χ0v) is 31.0. The molecule has 4 aromatic rings. The van der Waals surface area contributed by atoms with E-state index in [1.165, 1.54) is 31.4 Å². The van der Waals surface area contributed by atoms with Crippen molar-refractivity contribution in [3.8, 4) is 27.7 Å². The van der Waals surface area contributed by atoms with Gasteiger partial charge in [-0.1, -0.05) is 27.2 Å². The molecule has 13 heteroatoms. The van der Waals surface area contributed by atoms with Crippen LogP contribution in [-0.4, -0.2) is 59.2 Å². The van der Waals surface area contributed by atoms with Crippen LogP contribution in [0.25, 0.3) is 20.5 Å². The van der Waals surface area contributed by atoms with Crippen LogP contribution in [-0.2, 0) is 10.1 Å². The zero-order chi connectivity index (χ0) is 35.6. The summed E-state index contributed by atoms with van der Waals surface area (Å²) >= 11 is 1.16. The number of hydrogen-bond acceptors (Lipinski definition) is 8. The standard InChI is InChI=1S/C36H42F3NO6S2Si/c1-35(2,3)49(4,5)46-28-16-12-26(13-17-28)34-32(30-19-18-29(24-31(30)47-34)45-48(42,43)36(37,38)39)33(41)25-10-14-27(15-11-25)44-23-9-22-40-20-7-6-8-21-40/h10-19,24H,6-9,20-23H2,1-5H3. The number of benzene rings is 3. The van der Waals surface area contributed by atoms with Crippen LogP contribution >= 0.6 is 11.3 Å². The average molecular weight is 734 g/mol. The number of alkyl halides is 3. The van der Waals surface area contributed by atoms with Crippen LogP contribution in [0.5, 0.6) is 17.2 Å². The van der Waals surface area contributed by atoms with E-state index >= 15 is 0 Å². The van der Waals surface area contributed by atoms with Gasteiger partial charge in [0.1, 0.15) is 17.2 Å². The molecule has 1 aliphatic rings. The topological polar surface area (TPSA) is 82.1 Å². The van der Waals surface area contributed by atoms with Gasteiger partial charge in [-0.15, -0.1) is 11.3 Å². The quantitative estimate of drug-likeness (QED) is 0.0472. The van der Waals surface area contributed by atoms with Crippen molar-refractivity contribution >= 4 is 45.6 Å². The molecule has 0 bridgehead atoms. The first kappa shape index (κ1) is 36.9. The summed E-state index contributed by atoms with van der Waals surface area (Å²) in [5.74, 6) is 0.548. The number of fused-ring (bicyclic) bond motifs is 1. The Morgan fingerprint density at radius 2 is 1.49 bits per heavy atom. The van der Waals surface area contributed by atoms with Crippen LogP contribution in [0.4, 0.5) is 13.2 Å². The Hall–Kier alpha value is -3.39. The molecular weight excluding hydrogens is 692 g/mol. The first-order valence-corrected chi connectivity index (χ1v) is 21.5. The van der Waals surface area contributed by atoms with E-state index in [9.17, 15) is 26.4 Å². The minimum atomic E-state index is -5.87. The summed E-state index contributed by atoms with van der Waals surface area (Å²) in [4.78, 5) is 17.2. The fourth-order valence-electron chi connectivity index (χ4n) is 5.36. The number of carbonyl (C=O) groups excluding carboxylic acids is 1. The molecule has 0 amide bonds. The number of halogens is 3. The summed E-state index contributed by atoms with van der Waals surface area (Å²) in [5, 5.41) is 0.449. The lowest BCUT2D eigenvalue weighted by Crippen LogP contribution is -2.43. The number of carbonyl (C=O) groups is 1. The molecule has 0 N–H and O–H groups in total. The molecule has 2 heterocycles. The van der Waals surface area contributed by atoms with E-state index in [0.29, 0.717) is 49.8 Å². The van der Waals surface area contributed by atoms with Gasteiger partial charge in [-0.3, -0.25) is 4.79 Å². The number of nitrogens with zero attached hydrogens (tertiary/aromatic N) is 1. The number of hydrogen-bond donors (Lipinski definition) is 0. The highest BCUT2D eigenvalue weighted by molar-refractivity contribution is 7.88. The Kier molecular flexibility index (Phi) is 10.9. The minimum Gasteiger partial charge on any atom is -0.544 e. The lowest BCUT2D eigenvalue weighted by molar-refractivity contribution is -0.0500. The lowest BCUT2D eigenvalue weighted by Gasteiger charge is -2.36. The molecule has 1 saturated heterocycles. The Morgan fingerprint density at radius 3 is 2.10 bits per heavy atom. The van der Waals surface area contributed by atoms with Gasteiger partial charge in [0.25, 0.3) is 0 Å². The minimum absolute atomic E-state index is 0.0101. The molecule has 7 nitrogen and oxygen atoms in total.